The summed E-state index contributed by atoms with van der Waals surface area (Å²) in [5.41, 5.74) is -0.610. The second-order valence-electron chi connectivity index (χ2n) is 7.50. The number of amides is 2. The van der Waals surface area contributed by atoms with Crippen LogP contribution in [0.4, 0.5) is 4.79 Å². The number of carbonyl (C=O) groups excluding carboxylic acids is 3. The highest BCUT2D eigenvalue weighted by Crippen LogP contribution is 2.31. The van der Waals surface area contributed by atoms with Crippen LogP contribution in [-0.4, -0.2) is 63.4 Å². The Morgan fingerprint density at radius 3 is 2.25 bits per heavy atom. The first-order valence-electron chi connectivity index (χ1n) is 8.63. The Kier molecular flexibility index (Phi) is 6.17. The van der Waals surface area contributed by atoms with E-state index in [0.717, 1.165) is 32.4 Å². The highest BCUT2D eigenvalue weighted by Gasteiger charge is 2.43. The Morgan fingerprint density at radius 1 is 1.08 bits per heavy atom. The fourth-order valence-corrected chi connectivity index (χ4v) is 4.18. The van der Waals surface area contributed by atoms with E-state index in [9.17, 15) is 14.4 Å². The molecule has 0 saturated carbocycles. The van der Waals surface area contributed by atoms with Crippen molar-refractivity contribution in [2.45, 2.75) is 70.3 Å². The molecule has 2 aliphatic heterocycles. The quantitative estimate of drug-likeness (QED) is 0.761. The monoisotopic (exact) mass is 356 g/mol. The molecule has 0 bridgehead atoms. The van der Waals surface area contributed by atoms with Crippen molar-refractivity contribution < 1.29 is 19.1 Å². The molecule has 0 N–H and O–H groups in total. The molecule has 0 radical (unpaired) electrons. The second-order valence-corrected chi connectivity index (χ2v) is 8.98. The molecule has 2 heterocycles. The Labute approximate surface area is 148 Å². The smallest absolute Gasteiger partial charge is 0.411 e. The third-order valence-corrected chi connectivity index (χ3v) is 5.18. The van der Waals surface area contributed by atoms with E-state index < -0.39 is 17.7 Å². The molecule has 2 saturated heterocycles. The molecule has 6 nitrogen and oxygen atoms in total. The van der Waals surface area contributed by atoms with Gasteiger partial charge in [0.2, 0.25) is 5.91 Å². The van der Waals surface area contributed by atoms with Gasteiger partial charge in [-0.25, -0.2) is 4.79 Å². The van der Waals surface area contributed by atoms with E-state index in [1.807, 2.05) is 25.7 Å². The number of thioether (sulfide) groups is 1. The zero-order valence-corrected chi connectivity index (χ0v) is 15.9. The lowest BCUT2D eigenvalue weighted by Crippen LogP contribution is -2.50. The van der Waals surface area contributed by atoms with Gasteiger partial charge < -0.3 is 9.64 Å². The highest BCUT2D eigenvalue weighted by atomic mass is 32.2. The fourth-order valence-electron chi connectivity index (χ4n) is 3.20. The van der Waals surface area contributed by atoms with E-state index in [1.54, 1.807) is 0 Å². The Balaban J connectivity index is 2.11. The molecule has 2 aliphatic rings. The molecule has 2 amide bonds. The van der Waals surface area contributed by atoms with Gasteiger partial charge in [-0.3, -0.25) is 14.5 Å². The predicted octanol–water partition coefficient (Wildman–Crippen LogP) is 2.66. The molecular weight excluding hydrogens is 328 g/mol. The van der Waals surface area contributed by atoms with E-state index in [1.165, 1.54) is 23.6 Å². The summed E-state index contributed by atoms with van der Waals surface area (Å²) in [5.74, 6) is -0.00721. The predicted molar refractivity (Wildman–Crippen MR) is 93.8 cm³/mol. The molecule has 2 unspecified atom stereocenters. The van der Waals surface area contributed by atoms with E-state index >= 15 is 0 Å². The van der Waals surface area contributed by atoms with Crippen molar-refractivity contribution in [3.8, 4) is 0 Å². The molecule has 136 valence electrons. The number of nitrogens with zero attached hydrogens (tertiary/aromatic N) is 2. The van der Waals surface area contributed by atoms with Crippen molar-refractivity contribution in [1.82, 2.24) is 9.80 Å². The van der Waals surface area contributed by atoms with Gasteiger partial charge in [0, 0.05) is 31.8 Å². The van der Waals surface area contributed by atoms with Crippen LogP contribution in [0.2, 0.25) is 0 Å². The molecular formula is C17H28N2O4S. The van der Waals surface area contributed by atoms with Crippen LogP contribution in [0.1, 0.15) is 53.4 Å². The summed E-state index contributed by atoms with van der Waals surface area (Å²) in [6, 6.07) is -0.519. The van der Waals surface area contributed by atoms with E-state index in [4.69, 9.17) is 4.74 Å². The number of ether oxygens (including phenoxy) is 1. The lowest BCUT2D eigenvalue weighted by molar-refractivity contribution is -0.136. The summed E-state index contributed by atoms with van der Waals surface area (Å²) in [5, 5.41) is -0.0380. The second kappa shape index (κ2) is 7.76. The number of likely N-dealkylation sites (tertiary alicyclic amines) is 2. The Bertz CT molecular complexity index is 497. The summed E-state index contributed by atoms with van der Waals surface area (Å²) in [6.07, 6.45) is 3.21. The van der Waals surface area contributed by atoms with Gasteiger partial charge in [0.05, 0.1) is 0 Å². The number of rotatable bonds is 2. The molecule has 0 aliphatic carbocycles. The molecule has 0 aromatic carbocycles. The van der Waals surface area contributed by atoms with Crippen LogP contribution in [0, 0.1) is 0 Å². The van der Waals surface area contributed by atoms with Crippen LogP contribution in [-0.2, 0) is 14.3 Å². The summed E-state index contributed by atoms with van der Waals surface area (Å²) in [4.78, 5) is 40.2. The van der Waals surface area contributed by atoms with Crippen molar-refractivity contribution >= 4 is 28.9 Å². The van der Waals surface area contributed by atoms with Gasteiger partial charge >= 0.3 is 6.09 Å². The molecule has 0 aromatic rings. The minimum atomic E-state index is -0.610. The van der Waals surface area contributed by atoms with Crippen molar-refractivity contribution in [1.29, 1.82) is 0 Å². The summed E-state index contributed by atoms with van der Waals surface area (Å²) in [6.45, 7) is 8.83. The topological polar surface area (TPSA) is 66.9 Å². The van der Waals surface area contributed by atoms with Crippen LogP contribution in [0.25, 0.3) is 0 Å². The summed E-state index contributed by atoms with van der Waals surface area (Å²) >= 11 is 1.21. The SMILES string of the molecule is CC(=O)SC1CC(C(=O)N2CCCCC2)N(C(=O)OC(C)(C)C)C1. The summed E-state index contributed by atoms with van der Waals surface area (Å²) < 4.78 is 5.46. The van der Waals surface area contributed by atoms with E-state index in [0.29, 0.717) is 13.0 Å². The van der Waals surface area contributed by atoms with Crippen molar-refractivity contribution in [3.05, 3.63) is 0 Å². The third-order valence-electron chi connectivity index (χ3n) is 4.18. The number of hydrogen-bond acceptors (Lipinski definition) is 5. The molecule has 0 aromatic heterocycles. The molecule has 7 heteroatoms. The van der Waals surface area contributed by atoms with Crippen molar-refractivity contribution in [2.75, 3.05) is 19.6 Å². The number of piperidine rings is 1. The van der Waals surface area contributed by atoms with Crippen molar-refractivity contribution in [3.63, 3.8) is 0 Å². The standard InChI is InChI=1S/C17H28N2O4S/c1-12(20)24-13-10-14(15(21)18-8-6-5-7-9-18)19(11-13)16(22)23-17(2,3)4/h13-14H,5-11H2,1-4H3. The van der Waals surface area contributed by atoms with Gasteiger partial charge in [-0.2, -0.15) is 0 Å². The lowest BCUT2D eigenvalue weighted by Gasteiger charge is -2.33. The van der Waals surface area contributed by atoms with Crippen molar-refractivity contribution in [2.24, 2.45) is 0 Å². The first kappa shape index (κ1) is 19.1. The fraction of sp³-hybridized carbons (Fsp3) is 0.824. The molecule has 24 heavy (non-hydrogen) atoms. The molecule has 2 rings (SSSR count). The van der Waals surface area contributed by atoms with Crippen LogP contribution >= 0.6 is 11.8 Å². The largest absolute Gasteiger partial charge is 0.444 e. The van der Waals surface area contributed by atoms with Crippen LogP contribution in [0.15, 0.2) is 0 Å². The maximum atomic E-state index is 12.9. The number of hydrogen-bond donors (Lipinski definition) is 0. The van der Waals surface area contributed by atoms with Gasteiger partial charge in [0.25, 0.3) is 0 Å². The van der Waals surface area contributed by atoms with Gasteiger partial charge in [-0.15, -0.1) is 0 Å². The zero-order chi connectivity index (χ0) is 17.9. The Morgan fingerprint density at radius 2 is 1.71 bits per heavy atom. The van der Waals surface area contributed by atoms with E-state index in [2.05, 4.69) is 0 Å². The average Bonchev–Trinajstić information content (AvgIpc) is 2.89. The first-order valence-corrected chi connectivity index (χ1v) is 9.51. The van der Waals surface area contributed by atoms with E-state index in [-0.39, 0.29) is 16.3 Å². The van der Waals surface area contributed by atoms with Gasteiger partial charge in [-0.05, 0) is 46.5 Å². The van der Waals surface area contributed by atoms with Gasteiger partial charge in [0.1, 0.15) is 11.6 Å². The summed E-state index contributed by atoms with van der Waals surface area (Å²) in [7, 11) is 0. The average molecular weight is 356 g/mol. The maximum absolute atomic E-state index is 12.9. The maximum Gasteiger partial charge on any atom is 0.411 e. The minimum Gasteiger partial charge on any atom is -0.444 e. The molecule has 2 atom stereocenters. The van der Waals surface area contributed by atoms with Gasteiger partial charge in [-0.1, -0.05) is 11.8 Å². The number of carbonyl (C=O) groups is 3. The highest BCUT2D eigenvalue weighted by molar-refractivity contribution is 8.14. The van der Waals surface area contributed by atoms with Crippen LogP contribution in [0.5, 0.6) is 0 Å². The van der Waals surface area contributed by atoms with Gasteiger partial charge in [0.15, 0.2) is 5.12 Å². The lowest BCUT2D eigenvalue weighted by atomic mass is 10.1. The van der Waals surface area contributed by atoms with Crippen LogP contribution < -0.4 is 0 Å². The molecule has 0 spiro atoms. The van der Waals surface area contributed by atoms with Crippen LogP contribution in [0.3, 0.4) is 0 Å². The molecule has 2 fully saturated rings. The zero-order valence-electron chi connectivity index (χ0n) is 15.0. The first-order chi connectivity index (χ1) is 11.2. The Hall–Kier alpha value is -1.24. The normalized spacial score (nSPS) is 24.8. The third kappa shape index (κ3) is 5.13. The minimum absolute atomic E-state index is 0.00721.